The average molecular weight is 454 g/mol. The van der Waals surface area contributed by atoms with Gasteiger partial charge in [0.25, 0.3) is 0 Å². The van der Waals surface area contributed by atoms with Crippen molar-refractivity contribution in [1.82, 2.24) is 10.6 Å². The van der Waals surface area contributed by atoms with E-state index in [1.54, 1.807) is 6.07 Å². The summed E-state index contributed by atoms with van der Waals surface area (Å²) in [6.07, 6.45) is -5.24. The van der Waals surface area contributed by atoms with Gasteiger partial charge in [-0.3, -0.25) is 9.59 Å². The van der Waals surface area contributed by atoms with Gasteiger partial charge in [0.15, 0.2) is 0 Å². The second-order valence-electron chi connectivity index (χ2n) is 7.03. The standard InChI is InChI=1S/C22H22F4N2O4/c1-13(29)27-18(11-14-6-5-8-16(23)10-14)20(30)28-19(21(31)32-2)12-15-7-3-4-9-17(15)22(24,25)26/h3-10,18-19H,11-12H2,1-2H3,(H,27,29)(H,28,30)/t18-,19-/m0/s1. The molecule has 0 aliphatic carbocycles. The van der Waals surface area contributed by atoms with Crippen LogP contribution in [0.15, 0.2) is 48.5 Å². The first-order valence-electron chi connectivity index (χ1n) is 9.56. The van der Waals surface area contributed by atoms with Crippen molar-refractivity contribution in [3.05, 3.63) is 71.0 Å². The van der Waals surface area contributed by atoms with Crippen LogP contribution in [0.25, 0.3) is 0 Å². The Morgan fingerprint density at radius 2 is 1.66 bits per heavy atom. The van der Waals surface area contributed by atoms with E-state index in [4.69, 9.17) is 0 Å². The Balaban J connectivity index is 2.27. The first-order valence-corrected chi connectivity index (χ1v) is 9.56. The number of carbonyl (C=O) groups excluding carboxylic acids is 3. The number of ether oxygens (including phenoxy) is 1. The van der Waals surface area contributed by atoms with Crippen LogP contribution >= 0.6 is 0 Å². The minimum Gasteiger partial charge on any atom is -0.467 e. The van der Waals surface area contributed by atoms with E-state index in [-0.39, 0.29) is 12.0 Å². The third-order valence-corrected chi connectivity index (χ3v) is 4.57. The minimum absolute atomic E-state index is 0.101. The Morgan fingerprint density at radius 1 is 0.969 bits per heavy atom. The fourth-order valence-electron chi connectivity index (χ4n) is 3.16. The number of amides is 2. The van der Waals surface area contributed by atoms with E-state index in [1.165, 1.54) is 43.3 Å². The lowest BCUT2D eigenvalue weighted by atomic mass is 9.99. The molecule has 0 radical (unpaired) electrons. The number of nitrogens with one attached hydrogen (secondary N) is 2. The molecule has 2 rings (SSSR count). The van der Waals surface area contributed by atoms with Gasteiger partial charge in [-0.25, -0.2) is 9.18 Å². The highest BCUT2D eigenvalue weighted by Crippen LogP contribution is 2.32. The number of hydrogen-bond acceptors (Lipinski definition) is 4. The van der Waals surface area contributed by atoms with Gasteiger partial charge in [0.05, 0.1) is 12.7 Å². The lowest BCUT2D eigenvalue weighted by molar-refractivity contribution is -0.146. The summed E-state index contributed by atoms with van der Waals surface area (Å²) in [7, 11) is 1.04. The Bertz CT molecular complexity index is 978. The molecule has 0 saturated heterocycles. The van der Waals surface area contributed by atoms with Crippen LogP contribution in [0.1, 0.15) is 23.6 Å². The number of methoxy groups -OCH3 is 1. The zero-order valence-corrected chi connectivity index (χ0v) is 17.3. The monoisotopic (exact) mass is 454 g/mol. The summed E-state index contributed by atoms with van der Waals surface area (Å²) < 4.78 is 58.0. The molecule has 32 heavy (non-hydrogen) atoms. The van der Waals surface area contributed by atoms with Crippen LogP contribution in [0.5, 0.6) is 0 Å². The molecule has 2 aromatic carbocycles. The third kappa shape index (κ3) is 7.07. The Labute approximate surface area is 181 Å². The third-order valence-electron chi connectivity index (χ3n) is 4.57. The summed E-state index contributed by atoms with van der Waals surface area (Å²) in [5.74, 6) is -2.88. The van der Waals surface area contributed by atoms with E-state index >= 15 is 0 Å². The fourth-order valence-corrected chi connectivity index (χ4v) is 3.16. The van der Waals surface area contributed by atoms with Crippen LogP contribution in [-0.2, 0) is 38.1 Å². The molecule has 0 aromatic heterocycles. The van der Waals surface area contributed by atoms with Gasteiger partial charge >= 0.3 is 12.1 Å². The molecule has 172 valence electrons. The van der Waals surface area contributed by atoms with Crippen molar-refractivity contribution in [2.75, 3.05) is 7.11 Å². The molecular formula is C22H22F4N2O4. The summed E-state index contributed by atoms with van der Waals surface area (Å²) in [5.41, 5.74) is -0.755. The summed E-state index contributed by atoms with van der Waals surface area (Å²) in [4.78, 5) is 36.6. The second kappa shape index (κ2) is 10.7. The Morgan fingerprint density at radius 3 is 2.25 bits per heavy atom. The molecule has 0 aliphatic heterocycles. The van der Waals surface area contributed by atoms with Gasteiger partial charge in [0, 0.05) is 19.8 Å². The first-order chi connectivity index (χ1) is 15.0. The first kappa shape index (κ1) is 24.8. The van der Waals surface area contributed by atoms with Gasteiger partial charge < -0.3 is 15.4 Å². The van der Waals surface area contributed by atoms with E-state index in [1.807, 2.05) is 0 Å². The smallest absolute Gasteiger partial charge is 0.416 e. The van der Waals surface area contributed by atoms with Gasteiger partial charge in [0.2, 0.25) is 11.8 Å². The lowest BCUT2D eigenvalue weighted by Crippen LogP contribution is -2.53. The summed E-state index contributed by atoms with van der Waals surface area (Å²) >= 11 is 0. The number of alkyl halides is 3. The van der Waals surface area contributed by atoms with Gasteiger partial charge in [-0.05, 0) is 29.3 Å². The maximum absolute atomic E-state index is 13.5. The molecule has 10 heteroatoms. The van der Waals surface area contributed by atoms with Gasteiger partial charge in [0.1, 0.15) is 17.9 Å². The number of benzene rings is 2. The molecule has 2 aromatic rings. The maximum Gasteiger partial charge on any atom is 0.416 e. The number of carbonyl (C=O) groups is 3. The molecule has 6 nitrogen and oxygen atoms in total. The quantitative estimate of drug-likeness (QED) is 0.475. The van der Waals surface area contributed by atoms with Gasteiger partial charge in [-0.2, -0.15) is 13.2 Å². The number of halogens is 4. The molecule has 2 atom stereocenters. The van der Waals surface area contributed by atoms with E-state index in [2.05, 4.69) is 15.4 Å². The van der Waals surface area contributed by atoms with Crippen LogP contribution in [0, 0.1) is 5.82 Å². The van der Waals surface area contributed by atoms with Crippen LogP contribution in [-0.4, -0.2) is 37.0 Å². The minimum atomic E-state index is -4.66. The fraction of sp³-hybridized carbons (Fsp3) is 0.318. The van der Waals surface area contributed by atoms with Crippen LogP contribution in [0.4, 0.5) is 17.6 Å². The van der Waals surface area contributed by atoms with Crippen LogP contribution in [0.3, 0.4) is 0 Å². The van der Waals surface area contributed by atoms with Crippen LogP contribution in [0.2, 0.25) is 0 Å². The highest BCUT2D eigenvalue weighted by Gasteiger charge is 2.35. The van der Waals surface area contributed by atoms with Crippen molar-refractivity contribution >= 4 is 17.8 Å². The highest BCUT2D eigenvalue weighted by molar-refractivity contribution is 5.90. The van der Waals surface area contributed by atoms with Crippen molar-refractivity contribution in [2.24, 2.45) is 0 Å². The molecule has 0 bridgehead atoms. The normalized spacial score (nSPS) is 13.1. The van der Waals surface area contributed by atoms with Crippen molar-refractivity contribution in [1.29, 1.82) is 0 Å². The number of esters is 1. The van der Waals surface area contributed by atoms with Crippen LogP contribution < -0.4 is 10.6 Å². The predicted molar refractivity (Wildman–Crippen MR) is 107 cm³/mol. The summed E-state index contributed by atoms with van der Waals surface area (Å²) in [5, 5.41) is 4.75. The molecule has 0 heterocycles. The average Bonchev–Trinajstić information content (AvgIpc) is 2.71. The van der Waals surface area contributed by atoms with E-state index in [0.717, 1.165) is 13.2 Å². The van der Waals surface area contributed by atoms with E-state index in [0.29, 0.717) is 5.56 Å². The van der Waals surface area contributed by atoms with E-state index in [9.17, 15) is 31.9 Å². The van der Waals surface area contributed by atoms with Gasteiger partial charge in [-0.15, -0.1) is 0 Å². The lowest BCUT2D eigenvalue weighted by Gasteiger charge is -2.23. The SMILES string of the molecule is COC(=O)[C@H](Cc1ccccc1C(F)(F)F)NC(=O)[C@H](Cc1cccc(F)c1)NC(C)=O. The molecule has 2 N–H and O–H groups in total. The van der Waals surface area contributed by atoms with Crippen molar-refractivity contribution < 1.29 is 36.7 Å². The second-order valence-corrected chi connectivity index (χ2v) is 7.03. The highest BCUT2D eigenvalue weighted by atomic mass is 19.4. The Hall–Kier alpha value is -3.43. The van der Waals surface area contributed by atoms with E-state index < -0.39 is 53.8 Å². The van der Waals surface area contributed by atoms with Crippen molar-refractivity contribution in [3.8, 4) is 0 Å². The molecule has 2 amide bonds. The molecule has 0 unspecified atom stereocenters. The zero-order valence-electron chi connectivity index (χ0n) is 17.3. The molecule has 0 fully saturated rings. The number of rotatable bonds is 8. The maximum atomic E-state index is 13.5. The summed E-state index contributed by atoms with van der Waals surface area (Å²) in [6, 6.07) is 7.38. The zero-order chi connectivity index (χ0) is 23.9. The molecule has 0 saturated carbocycles. The van der Waals surface area contributed by atoms with Crippen molar-refractivity contribution in [2.45, 2.75) is 38.0 Å². The molecule has 0 spiro atoms. The predicted octanol–water partition coefficient (Wildman–Crippen LogP) is 2.79. The summed E-state index contributed by atoms with van der Waals surface area (Å²) in [6.45, 7) is 1.17. The number of hydrogen-bond donors (Lipinski definition) is 2. The molecular weight excluding hydrogens is 432 g/mol. The largest absolute Gasteiger partial charge is 0.467 e. The Kier molecular flexibility index (Phi) is 8.34. The molecule has 0 aliphatic rings. The van der Waals surface area contributed by atoms with Crippen molar-refractivity contribution in [3.63, 3.8) is 0 Å². The topological polar surface area (TPSA) is 84.5 Å². The van der Waals surface area contributed by atoms with Gasteiger partial charge in [-0.1, -0.05) is 30.3 Å².